The van der Waals surface area contributed by atoms with E-state index < -0.39 is 23.8 Å². The predicted molar refractivity (Wildman–Crippen MR) is 90.9 cm³/mol. The fraction of sp³-hybridized carbons (Fsp3) is 0.350. The van der Waals surface area contributed by atoms with Crippen LogP contribution in [0.5, 0.6) is 0 Å². The van der Waals surface area contributed by atoms with Gasteiger partial charge < -0.3 is 10.0 Å². The summed E-state index contributed by atoms with van der Waals surface area (Å²) >= 11 is 0. The van der Waals surface area contributed by atoms with Gasteiger partial charge in [0, 0.05) is 18.5 Å². The van der Waals surface area contributed by atoms with Gasteiger partial charge in [-0.05, 0) is 43.5 Å². The van der Waals surface area contributed by atoms with E-state index in [2.05, 4.69) is 0 Å². The van der Waals surface area contributed by atoms with E-state index in [0.717, 1.165) is 29.3 Å². The first-order chi connectivity index (χ1) is 11.9. The SMILES string of the molecule is Cc1ccc(CCC(=O)N2CC(O)CC2c2cc(F)ccc2F)cc1. The van der Waals surface area contributed by atoms with Gasteiger partial charge >= 0.3 is 0 Å². The second-order valence-corrected chi connectivity index (χ2v) is 6.60. The van der Waals surface area contributed by atoms with Gasteiger partial charge in [-0.25, -0.2) is 8.78 Å². The van der Waals surface area contributed by atoms with Crippen LogP contribution in [0.1, 0.15) is 35.6 Å². The molecule has 1 fully saturated rings. The molecule has 2 aromatic carbocycles. The topological polar surface area (TPSA) is 40.5 Å². The summed E-state index contributed by atoms with van der Waals surface area (Å²) in [5, 5.41) is 9.95. The number of aliphatic hydroxyl groups excluding tert-OH is 1. The van der Waals surface area contributed by atoms with E-state index in [1.165, 1.54) is 4.90 Å². The second kappa shape index (κ2) is 7.31. The number of rotatable bonds is 4. The maximum Gasteiger partial charge on any atom is 0.223 e. The van der Waals surface area contributed by atoms with Gasteiger partial charge in [0.15, 0.2) is 0 Å². The van der Waals surface area contributed by atoms with Crippen molar-refractivity contribution >= 4 is 5.91 Å². The second-order valence-electron chi connectivity index (χ2n) is 6.60. The van der Waals surface area contributed by atoms with E-state index in [0.29, 0.717) is 6.42 Å². The summed E-state index contributed by atoms with van der Waals surface area (Å²) in [6.45, 7) is 2.14. The molecule has 0 radical (unpaired) electrons. The van der Waals surface area contributed by atoms with Gasteiger partial charge in [-0.15, -0.1) is 0 Å². The van der Waals surface area contributed by atoms with Crippen LogP contribution < -0.4 is 0 Å². The standard InChI is InChI=1S/C20H21F2NO2/c1-13-2-4-14(5-3-13)6-9-20(25)23-12-16(24)11-19(23)17-10-15(21)7-8-18(17)22/h2-5,7-8,10,16,19,24H,6,9,11-12H2,1H3. The molecule has 3 rings (SSSR count). The smallest absolute Gasteiger partial charge is 0.223 e. The van der Waals surface area contributed by atoms with Crippen LogP contribution in [0.25, 0.3) is 0 Å². The number of amides is 1. The normalized spacial score (nSPS) is 20.1. The Bertz CT molecular complexity index is 761. The van der Waals surface area contributed by atoms with E-state index in [4.69, 9.17) is 0 Å². The van der Waals surface area contributed by atoms with Crippen molar-refractivity contribution in [2.24, 2.45) is 0 Å². The molecule has 0 saturated carbocycles. The molecule has 1 aliphatic heterocycles. The molecule has 2 aromatic rings. The molecule has 1 aliphatic rings. The summed E-state index contributed by atoms with van der Waals surface area (Å²) in [7, 11) is 0. The molecule has 0 aromatic heterocycles. The van der Waals surface area contributed by atoms with E-state index in [1.807, 2.05) is 31.2 Å². The molecule has 5 heteroatoms. The van der Waals surface area contributed by atoms with Gasteiger partial charge in [-0.2, -0.15) is 0 Å². The van der Waals surface area contributed by atoms with Crippen molar-refractivity contribution in [3.63, 3.8) is 0 Å². The van der Waals surface area contributed by atoms with Crippen LogP contribution in [0.2, 0.25) is 0 Å². The van der Waals surface area contributed by atoms with Gasteiger partial charge in [0.1, 0.15) is 11.6 Å². The number of aliphatic hydroxyl groups is 1. The molecule has 3 nitrogen and oxygen atoms in total. The maximum atomic E-state index is 14.1. The minimum Gasteiger partial charge on any atom is -0.391 e. The first-order valence-corrected chi connectivity index (χ1v) is 8.42. The first kappa shape index (κ1) is 17.5. The Kier molecular flexibility index (Phi) is 5.13. The fourth-order valence-electron chi connectivity index (χ4n) is 3.30. The van der Waals surface area contributed by atoms with Crippen LogP contribution in [0.3, 0.4) is 0 Å². The van der Waals surface area contributed by atoms with E-state index in [1.54, 1.807) is 0 Å². The number of hydrogen-bond donors (Lipinski definition) is 1. The summed E-state index contributed by atoms with van der Waals surface area (Å²) in [6, 6.07) is 10.5. The van der Waals surface area contributed by atoms with Crippen molar-refractivity contribution in [2.75, 3.05) is 6.54 Å². The fourth-order valence-corrected chi connectivity index (χ4v) is 3.30. The molecular formula is C20H21F2NO2. The number of carbonyl (C=O) groups excluding carboxylic acids is 1. The number of likely N-dealkylation sites (tertiary alicyclic amines) is 1. The molecule has 2 atom stereocenters. The predicted octanol–water partition coefficient (Wildman–Crippen LogP) is 3.54. The van der Waals surface area contributed by atoms with Gasteiger partial charge in [-0.1, -0.05) is 29.8 Å². The lowest BCUT2D eigenvalue weighted by molar-refractivity contribution is -0.132. The zero-order chi connectivity index (χ0) is 18.0. The third-order valence-electron chi connectivity index (χ3n) is 4.66. The highest BCUT2D eigenvalue weighted by atomic mass is 19.1. The van der Waals surface area contributed by atoms with Crippen molar-refractivity contribution in [1.29, 1.82) is 0 Å². The maximum absolute atomic E-state index is 14.1. The Labute approximate surface area is 145 Å². The van der Waals surface area contributed by atoms with Gasteiger partial charge in [0.2, 0.25) is 5.91 Å². The van der Waals surface area contributed by atoms with Crippen molar-refractivity contribution in [3.8, 4) is 0 Å². The minimum absolute atomic E-state index is 0.125. The number of aryl methyl sites for hydroxylation is 2. The van der Waals surface area contributed by atoms with Gasteiger partial charge in [-0.3, -0.25) is 4.79 Å². The average Bonchev–Trinajstić information content (AvgIpc) is 2.98. The zero-order valence-electron chi connectivity index (χ0n) is 14.1. The summed E-state index contributed by atoms with van der Waals surface area (Å²) in [5.74, 6) is -1.27. The number of hydrogen-bond acceptors (Lipinski definition) is 2. The van der Waals surface area contributed by atoms with E-state index in [-0.39, 0.29) is 30.9 Å². The minimum atomic E-state index is -0.726. The third-order valence-corrected chi connectivity index (χ3v) is 4.66. The van der Waals surface area contributed by atoms with E-state index in [9.17, 15) is 18.7 Å². The number of halogens is 2. The Morgan fingerprint density at radius 3 is 2.64 bits per heavy atom. The van der Waals surface area contributed by atoms with Gasteiger partial charge in [0.25, 0.3) is 0 Å². The summed E-state index contributed by atoms with van der Waals surface area (Å²) < 4.78 is 27.6. The molecule has 1 heterocycles. The van der Waals surface area contributed by atoms with E-state index >= 15 is 0 Å². The Hall–Kier alpha value is -2.27. The average molecular weight is 345 g/mol. The molecule has 1 N–H and O–H groups in total. The summed E-state index contributed by atoms with van der Waals surface area (Å²) in [6.07, 6.45) is 0.334. The largest absolute Gasteiger partial charge is 0.391 e. The molecule has 1 saturated heterocycles. The molecule has 2 unspecified atom stereocenters. The molecule has 1 amide bonds. The monoisotopic (exact) mass is 345 g/mol. The molecule has 0 aliphatic carbocycles. The lowest BCUT2D eigenvalue weighted by Gasteiger charge is -2.25. The van der Waals surface area contributed by atoms with Crippen LogP contribution in [-0.2, 0) is 11.2 Å². The molecule has 132 valence electrons. The van der Waals surface area contributed by atoms with Crippen LogP contribution in [0, 0.1) is 18.6 Å². The Morgan fingerprint density at radius 1 is 1.20 bits per heavy atom. The number of benzene rings is 2. The van der Waals surface area contributed by atoms with Crippen LogP contribution in [0.15, 0.2) is 42.5 Å². The third kappa shape index (κ3) is 4.04. The molecule has 0 spiro atoms. The van der Waals surface area contributed by atoms with Gasteiger partial charge in [0.05, 0.1) is 12.1 Å². The van der Waals surface area contributed by atoms with Crippen molar-refractivity contribution in [2.45, 2.75) is 38.3 Å². The lowest BCUT2D eigenvalue weighted by Crippen LogP contribution is -2.32. The Balaban J connectivity index is 1.73. The first-order valence-electron chi connectivity index (χ1n) is 8.42. The lowest BCUT2D eigenvalue weighted by atomic mass is 10.0. The molecule has 0 bridgehead atoms. The highest BCUT2D eigenvalue weighted by molar-refractivity contribution is 5.77. The van der Waals surface area contributed by atoms with Crippen LogP contribution in [0.4, 0.5) is 8.78 Å². The zero-order valence-corrected chi connectivity index (χ0v) is 14.1. The molecule has 25 heavy (non-hydrogen) atoms. The van der Waals surface area contributed by atoms with Crippen LogP contribution in [-0.4, -0.2) is 28.6 Å². The quantitative estimate of drug-likeness (QED) is 0.921. The Morgan fingerprint density at radius 2 is 1.92 bits per heavy atom. The van der Waals surface area contributed by atoms with Crippen molar-refractivity contribution < 1.29 is 18.7 Å². The number of carbonyl (C=O) groups is 1. The summed E-state index contributed by atoms with van der Waals surface area (Å²) in [4.78, 5) is 14.1. The van der Waals surface area contributed by atoms with Crippen molar-refractivity contribution in [1.82, 2.24) is 4.90 Å². The number of nitrogens with zero attached hydrogens (tertiary/aromatic N) is 1. The number of β-amino-alcohol motifs (C(OH)–C–C–N with tert-alkyl or cyclic N) is 1. The molecular weight excluding hydrogens is 324 g/mol. The highest BCUT2D eigenvalue weighted by Gasteiger charge is 2.36. The highest BCUT2D eigenvalue weighted by Crippen LogP contribution is 2.34. The van der Waals surface area contributed by atoms with Crippen molar-refractivity contribution in [3.05, 3.63) is 70.8 Å². The van der Waals surface area contributed by atoms with Crippen LogP contribution >= 0.6 is 0 Å². The summed E-state index contributed by atoms with van der Waals surface area (Å²) in [5.41, 5.74) is 2.33.